The van der Waals surface area contributed by atoms with E-state index >= 15 is 0 Å². The van der Waals surface area contributed by atoms with Crippen LogP contribution in [0.3, 0.4) is 0 Å². The molecule has 0 aliphatic heterocycles. The van der Waals surface area contributed by atoms with Crippen LogP contribution >= 0.6 is 0 Å². The van der Waals surface area contributed by atoms with E-state index in [1.54, 1.807) is 7.11 Å². The molecule has 0 aromatic rings. The first-order valence-corrected chi connectivity index (χ1v) is 4.50. The van der Waals surface area contributed by atoms with E-state index in [0.717, 1.165) is 6.42 Å². The quantitative estimate of drug-likeness (QED) is 0.324. The van der Waals surface area contributed by atoms with E-state index < -0.39 is 0 Å². The van der Waals surface area contributed by atoms with Crippen molar-refractivity contribution < 1.29 is 9.78 Å². The van der Waals surface area contributed by atoms with Gasteiger partial charge in [-0.05, 0) is 13.3 Å². The number of rotatable bonds is 7. The molecule has 0 radical (unpaired) electrons. The molecule has 0 unspecified atom stereocenters. The van der Waals surface area contributed by atoms with E-state index in [0.29, 0.717) is 0 Å². The molecule has 0 fully saturated rings. The molecule has 0 bridgehead atoms. The van der Waals surface area contributed by atoms with Crippen LogP contribution in [0.1, 0.15) is 46.0 Å². The minimum absolute atomic E-state index is 0.247. The Morgan fingerprint density at radius 2 is 1.91 bits per heavy atom. The van der Waals surface area contributed by atoms with Gasteiger partial charge in [-0.25, -0.2) is 9.78 Å². The van der Waals surface area contributed by atoms with Crippen LogP contribution in [-0.2, 0) is 9.78 Å². The summed E-state index contributed by atoms with van der Waals surface area (Å²) in [6.45, 7) is 4.25. The van der Waals surface area contributed by atoms with Gasteiger partial charge in [-0.2, -0.15) is 0 Å². The minimum atomic E-state index is 0.247. The first-order valence-electron chi connectivity index (χ1n) is 4.50. The van der Waals surface area contributed by atoms with Crippen LogP contribution in [0.4, 0.5) is 0 Å². The van der Waals surface area contributed by atoms with E-state index in [1.165, 1.54) is 25.7 Å². The van der Waals surface area contributed by atoms with Crippen molar-refractivity contribution in [3.05, 3.63) is 0 Å². The van der Waals surface area contributed by atoms with Crippen LogP contribution in [-0.4, -0.2) is 13.2 Å². The molecule has 11 heavy (non-hydrogen) atoms. The fourth-order valence-electron chi connectivity index (χ4n) is 1.07. The zero-order valence-corrected chi connectivity index (χ0v) is 7.93. The van der Waals surface area contributed by atoms with Gasteiger partial charge in [0.2, 0.25) is 0 Å². The zero-order chi connectivity index (χ0) is 8.53. The average molecular weight is 160 g/mol. The van der Waals surface area contributed by atoms with Gasteiger partial charge < -0.3 is 0 Å². The molecule has 0 aromatic carbocycles. The summed E-state index contributed by atoms with van der Waals surface area (Å²) in [5.74, 6) is 0. The van der Waals surface area contributed by atoms with Gasteiger partial charge in [-0.1, -0.05) is 32.6 Å². The van der Waals surface area contributed by atoms with Crippen molar-refractivity contribution in [3.63, 3.8) is 0 Å². The lowest BCUT2D eigenvalue weighted by molar-refractivity contribution is -0.301. The molecule has 0 rings (SSSR count). The average Bonchev–Trinajstić information content (AvgIpc) is 1.99. The van der Waals surface area contributed by atoms with Crippen molar-refractivity contribution in [2.45, 2.75) is 52.1 Å². The van der Waals surface area contributed by atoms with Gasteiger partial charge in [0.15, 0.2) is 0 Å². The summed E-state index contributed by atoms with van der Waals surface area (Å²) in [5.41, 5.74) is 0. The van der Waals surface area contributed by atoms with Gasteiger partial charge >= 0.3 is 0 Å². The summed E-state index contributed by atoms with van der Waals surface area (Å²) in [5, 5.41) is 0. The molecule has 1 atom stereocenters. The van der Waals surface area contributed by atoms with Gasteiger partial charge in [0, 0.05) is 0 Å². The molecule has 0 amide bonds. The second-order valence-corrected chi connectivity index (χ2v) is 2.92. The van der Waals surface area contributed by atoms with E-state index in [4.69, 9.17) is 4.89 Å². The minimum Gasteiger partial charge on any atom is -0.240 e. The largest absolute Gasteiger partial charge is 0.240 e. The molecule has 68 valence electrons. The lowest BCUT2D eigenvalue weighted by atomic mass is 10.1. The highest BCUT2D eigenvalue weighted by Gasteiger charge is 2.00. The number of unbranched alkanes of at least 4 members (excludes halogenated alkanes) is 3. The molecule has 0 aliphatic carbocycles. The molecular formula is C9H20O2. The molecule has 0 aromatic heterocycles. The van der Waals surface area contributed by atoms with Crippen LogP contribution in [0.15, 0.2) is 0 Å². The van der Waals surface area contributed by atoms with Crippen LogP contribution in [0.2, 0.25) is 0 Å². The summed E-state index contributed by atoms with van der Waals surface area (Å²) in [4.78, 5) is 9.48. The number of hydrogen-bond donors (Lipinski definition) is 0. The SMILES string of the molecule is CCCCCC[C@H](C)OOC. The fourth-order valence-corrected chi connectivity index (χ4v) is 1.07. The van der Waals surface area contributed by atoms with E-state index in [9.17, 15) is 0 Å². The summed E-state index contributed by atoms with van der Waals surface area (Å²) >= 11 is 0. The molecule has 0 saturated carbocycles. The van der Waals surface area contributed by atoms with Crippen molar-refractivity contribution in [2.75, 3.05) is 7.11 Å². The Hall–Kier alpha value is -0.0800. The Bertz CT molecular complexity index is 74.0. The third-order valence-electron chi connectivity index (χ3n) is 1.72. The second-order valence-electron chi connectivity index (χ2n) is 2.92. The first-order chi connectivity index (χ1) is 5.31. The third kappa shape index (κ3) is 7.82. The van der Waals surface area contributed by atoms with Gasteiger partial charge in [0.25, 0.3) is 0 Å². The highest BCUT2D eigenvalue weighted by atomic mass is 17.2. The maximum atomic E-state index is 4.92. The van der Waals surface area contributed by atoms with Crippen molar-refractivity contribution >= 4 is 0 Å². The molecule has 0 aliphatic rings. The van der Waals surface area contributed by atoms with Gasteiger partial charge in [-0.3, -0.25) is 0 Å². The monoisotopic (exact) mass is 160 g/mol. The van der Waals surface area contributed by atoms with E-state index in [1.807, 2.05) is 6.92 Å². The van der Waals surface area contributed by atoms with Gasteiger partial charge in [-0.15, -0.1) is 0 Å². The van der Waals surface area contributed by atoms with E-state index in [-0.39, 0.29) is 6.10 Å². The van der Waals surface area contributed by atoms with Crippen molar-refractivity contribution in [1.29, 1.82) is 0 Å². The summed E-state index contributed by atoms with van der Waals surface area (Å²) < 4.78 is 0. The van der Waals surface area contributed by atoms with Crippen molar-refractivity contribution in [2.24, 2.45) is 0 Å². The molecule has 2 nitrogen and oxygen atoms in total. The maximum absolute atomic E-state index is 4.92. The maximum Gasteiger partial charge on any atom is 0.0901 e. The predicted molar refractivity (Wildman–Crippen MR) is 46.3 cm³/mol. The summed E-state index contributed by atoms with van der Waals surface area (Å²) in [6, 6.07) is 0. The van der Waals surface area contributed by atoms with Gasteiger partial charge in [0.05, 0.1) is 13.2 Å². The Kier molecular flexibility index (Phi) is 7.96. The van der Waals surface area contributed by atoms with Crippen LogP contribution < -0.4 is 0 Å². The fraction of sp³-hybridized carbons (Fsp3) is 1.00. The highest BCUT2D eigenvalue weighted by molar-refractivity contribution is 4.48. The lowest BCUT2D eigenvalue weighted by Gasteiger charge is -2.08. The van der Waals surface area contributed by atoms with E-state index in [2.05, 4.69) is 11.8 Å². The lowest BCUT2D eigenvalue weighted by Crippen LogP contribution is -2.06. The standard InChI is InChI=1S/C9H20O2/c1-4-5-6-7-8-9(2)11-10-3/h9H,4-8H2,1-3H3/t9-/m0/s1. The Balaban J connectivity index is 2.97. The smallest absolute Gasteiger partial charge is 0.0901 e. The third-order valence-corrected chi connectivity index (χ3v) is 1.72. The molecule has 0 spiro atoms. The van der Waals surface area contributed by atoms with Crippen LogP contribution in [0.25, 0.3) is 0 Å². The Morgan fingerprint density at radius 1 is 1.18 bits per heavy atom. The van der Waals surface area contributed by atoms with Crippen LogP contribution in [0.5, 0.6) is 0 Å². The Morgan fingerprint density at radius 3 is 2.45 bits per heavy atom. The topological polar surface area (TPSA) is 18.5 Å². The zero-order valence-electron chi connectivity index (χ0n) is 7.93. The number of hydrogen-bond acceptors (Lipinski definition) is 2. The molecule has 0 N–H and O–H groups in total. The van der Waals surface area contributed by atoms with Crippen molar-refractivity contribution in [1.82, 2.24) is 0 Å². The molecule has 0 heterocycles. The summed E-state index contributed by atoms with van der Waals surface area (Å²) in [6.07, 6.45) is 6.54. The van der Waals surface area contributed by atoms with Crippen LogP contribution in [0, 0.1) is 0 Å². The summed E-state index contributed by atoms with van der Waals surface area (Å²) in [7, 11) is 1.56. The normalized spacial score (nSPS) is 13.4. The predicted octanol–water partition coefficient (Wildman–Crippen LogP) is 2.92. The first kappa shape index (κ1) is 10.9. The Labute approximate surface area is 69.8 Å². The highest BCUT2D eigenvalue weighted by Crippen LogP contribution is 2.07. The van der Waals surface area contributed by atoms with Gasteiger partial charge in [0.1, 0.15) is 0 Å². The second kappa shape index (κ2) is 8.02. The van der Waals surface area contributed by atoms with Crippen molar-refractivity contribution in [3.8, 4) is 0 Å². The molecule has 0 saturated heterocycles. The molecular weight excluding hydrogens is 140 g/mol. The molecule has 2 heteroatoms.